The van der Waals surface area contributed by atoms with Crippen LogP contribution in [0.2, 0.25) is 0 Å². The first kappa shape index (κ1) is 22.6. The molecule has 0 aromatic carbocycles. The third-order valence-electron chi connectivity index (χ3n) is 8.01. The van der Waals surface area contributed by atoms with Gasteiger partial charge in [0.2, 0.25) is 0 Å². The van der Waals surface area contributed by atoms with Gasteiger partial charge in [-0.25, -0.2) is 0 Å². The van der Waals surface area contributed by atoms with E-state index in [-0.39, 0.29) is 5.38 Å². The van der Waals surface area contributed by atoms with E-state index in [9.17, 15) is 0 Å². The first-order valence-corrected chi connectivity index (χ1v) is 12.9. The summed E-state index contributed by atoms with van der Waals surface area (Å²) in [6.45, 7) is 10.8. The van der Waals surface area contributed by atoms with Gasteiger partial charge in [-0.15, -0.1) is 11.6 Å². The highest BCUT2D eigenvalue weighted by atomic mass is 35.5. The highest BCUT2D eigenvalue weighted by molar-refractivity contribution is 6.21. The number of halogens is 1. The molecule has 2 aliphatic carbocycles. The molecule has 0 saturated carbocycles. The molecule has 0 radical (unpaired) electrons. The molecule has 0 bridgehead atoms. The molecule has 4 rings (SSSR count). The van der Waals surface area contributed by atoms with Crippen molar-refractivity contribution < 1.29 is 0 Å². The van der Waals surface area contributed by atoms with Crippen LogP contribution in [0.1, 0.15) is 46.0 Å². The fraction of sp³-hybridized carbons (Fsp3) is 0.769. The number of likely N-dealkylation sites (tertiary alicyclic amines) is 1. The van der Waals surface area contributed by atoms with Crippen LogP contribution in [0.3, 0.4) is 0 Å². The van der Waals surface area contributed by atoms with Crippen LogP contribution in [0.4, 0.5) is 0 Å². The van der Waals surface area contributed by atoms with Crippen molar-refractivity contribution in [3.8, 4) is 0 Å². The summed E-state index contributed by atoms with van der Waals surface area (Å²) in [4.78, 5) is 2.72. The van der Waals surface area contributed by atoms with Gasteiger partial charge in [0.05, 0.1) is 5.38 Å². The molecule has 2 N–H and O–H groups in total. The Morgan fingerprint density at radius 1 is 1.00 bits per heavy atom. The minimum absolute atomic E-state index is 0.273. The zero-order valence-electron chi connectivity index (χ0n) is 19.0. The van der Waals surface area contributed by atoms with Crippen molar-refractivity contribution in [1.82, 2.24) is 15.5 Å². The molecule has 0 aromatic heterocycles. The summed E-state index contributed by atoms with van der Waals surface area (Å²) in [5, 5.41) is 7.98. The van der Waals surface area contributed by atoms with Crippen molar-refractivity contribution >= 4 is 11.6 Å². The Labute approximate surface area is 189 Å². The monoisotopic (exact) mass is 431 g/mol. The zero-order valence-corrected chi connectivity index (χ0v) is 19.7. The Bertz CT molecular complexity index is 620. The van der Waals surface area contributed by atoms with E-state index in [1.54, 1.807) is 0 Å². The third kappa shape index (κ3) is 6.00. The lowest BCUT2D eigenvalue weighted by atomic mass is 9.79. The number of fused-ring (bicyclic) bond motifs is 1. The van der Waals surface area contributed by atoms with Crippen LogP contribution in [0.25, 0.3) is 0 Å². The summed E-state index contributed by atoms with van der Waals surface area (Å²) >= 11 is 6.24. The minimum atomic E-state index is 0.273. The summed E-state index contributed by atoms with van der Waals surface area (Å²) in [6.07, 6.45) is 20.2. The van der Waals surface area contributed by atoms with E-state index in [1.165, 1.54) is 45.3 Å². The van der Waals surface area contributed by atoms with Gasteiger partial charge in [0.15, 0.2) is 0 Å². The Kier molecular flexibility index (Phi) is 8.14. The highest BCUT2D eigenvalue weighted by Gasteiger charge is 2.30. The first-order valence-electron chi connectivity index (χ1n) is 12.4. The zero-order chi connectivity index (χ0) is 20.9. The Morgan fingerprint density at radius 2 is 1.80 bits per heavy atom. The van der Waals surface area contributed by atoms with Crippen molar-refractivity contribution in [2.75, 3.05) is 32.7 Å². The van der Waals surface area contributed by atoms with Crippen molar-refractivity contribution in [2.24, 2.45) is 29.6 Å². The maximum absolute atomic E-state index is 6.24. The van der Waals surface area contributed by atoms with Crippen LogP contribution >= 0.6 is 11.6 Å². The molecule has 30 heavy (non-hydrogen) atoms. The topological polar surface area (TPSA) is 27.3 Å². The van der Waals surface area contributed by atoms with Crippen LogP contribution < -0.4 is 10.6 Å². The molecule has 4 aliphatic rings. The molecule has 0 spiro atoms. The first-order chi connectivity index (χ1) is 14.6. The van der Waals surface area contributed by atoms with Gasteiger partial charge in [-0.05, 0) is 87.9 Å². The fourth-order valence-corrected chi connectivity index (χ4v) is 6.11. The molecular weight excluding hydrogens is 390 g/mol. The molecule has 2 aliphatic heterocycles. The normalized spacial score (nSPS) is 36.2. The number of rotatable bonds is 7. The van der Waals surface area contributed by atoms with E-state index in [0.29, 0.717) is 23.9 Å². The van der Waals surface area contributed by atoms with Crippen LogP contribution in [0, 0.1) is 29.6 Å². The van der Waals surface area contributed by atoms with Crippen molar-refractivity contribution in [3.63, 3.8) is 0 Å². The molecule has 6 atom stereocenters. The Hall–Kier alpha value is -0.610. The van der Waals surface area contributed by atoms with Gasteiger partial charge in [-0.2, -0.15) is 0 Å². The van der Waals surface area contributed by atoms with E-state index in [4.69, 9.17) is 11.6 Å². The summed E-state index contributed by atoms with van der Waals surface area (Å²) < 4.78 is 0. The number of allylic oxidation sites excluding steroid dienone is 4. The van der Waals surface area contributed by atoms with E-state index < -0.39 is 0 Å². The fourth-order valence-electron chi connectivity index (χ4n) is 5.90. The number of nitrogens with one attached hydrogen (secondary N) is 2. The molecule has 0 amide bonds. The van der Waals surface area contributed by atoms with Crippen LogP contribution in [0.15, 0.2) is 36.5 Å². The quantitative estimate of drug-likeness (QED) is 0.455. The lowest BCUT2D eigenvalue weighted by molar-refractivity contribution is 0.132. The SMILES string of the molecule is CC(C)[C@H](CN1CCC(C2C=CC(Cl)CC2)CC1)NCC1CNC2C=CC=CC2C1. The molecule has 2 fully saturated rings. The minimum Gasteiger partial charge on any atom is -0.312 e. The average molecular weight is 432 g/mol. The molecule has 5 unspecified atom stereocenters. The molecular formula is C26H42ClN3. The standard InChI is InChI=1S/C26H42ClN3/c1-19(2)26(29-17-20-15-23-5-3-4-6-25(23)28-16-20)18-30-13-11-22(12-14-30)21-7-9-24(27)10-8-21/h3-7,9,19-26,28-29H,8,10-18H2,1-2H3/t20?,21?,23?,24?,25?,26-/m0/s1. The smallest absolute Gasteiger partial charge is 0.0516 e. The molecule has 4 heteroatoms. The second-order valence-electron chi connectivity index (χ2n) is 10.5. The molecule has 3 nitrogen and oxygen atoms in total. The van der Waals surface area contributed by atoms with Gasteiger partial charge < -0.3 is 15.5 Å². The average Bonchev–Trinajstić information content (AvgIpc) is 2.77. The number of alkyl halides is 1. The third-order valence-corrected chi connectivity index (χ3v) is 8.37. The maximum Gasteiger partial charge on any atom is 0.0516 e. The van der Waals surface area contributed by atoms with Gasteiger partial charge in [0, 0.05) is 18.6 Å². The predicted octanol–water partition coefficient (Wildman–Crippen LogP) is 4.61. The number of hydrogen-bond acceptors (Lipinski definition) is 3. The molecule has 168 valence electrons. The van der Waals surface area contributed by atoms with Crippen LogP contribution in [0.5, 0.6) is 0 Å². The van der Waals surface area contributed by atoms with Crippen molar-refractivity contribution in [1.29, 1.82) is 0 Å². The number of hydrogen-bond donors (Lipinski definition) is 2. The van der Waals surface area contributed by atoms with Gasteiger partial charge in [-0.3, -0.25) is 0 Å². The lowest BCUT2D eigenvalue weighted by Crippen LogP contribution is -2.51. The number of piperidine rings is 2. The molecule has 2 heterocycles. The van der Waals surface area contributed by atoms with Crippen molar-refractivity contribution in [2.45, 2.75) is 63.4 Å². The summed E-state index contributed by atoms with van der Waals surface area (Å²) in [5.41, 5.74) is 0. The lowest BCUT2D eigenvalue weighted by Gasteiger charge is -2.39. The number of nitrogens with zero attached hydrogens (tertiary/aromatic N) is 1. The molecule has 2 saturated heterocycles. The van der Waals surface area contributed by atoms with Gasteiger partial charge in [0.25, 0.3) is 0 Å². The van der Waals surface area contributed by atoms with E-state index in [0.717, 1.165) is 37.3 Å². The van der Waals surface area contributed by atoms with Crippen LogP contribution in [-0.4, -0.2) is 55.1 Å². The van der Waals surface area contributed by atoms with E-state index in [2.05, 4.69) is 65.8 Å². The van der Waals surface area contributed by atoms with Crippen LogP contribution in [-0.2, 0) is 0 Å². The summed E-state index contributed by atoms with van der Waals surface area (Å²) in [7, 11) is 0. The van der Waals surface area contributed by atoms with E-state index in [1.807, 2.05) is 0 Å². The summed E-state index contributed by atoms with van der Waals surface area (Å²) in [5.74, 6) is 3.72. The van der Waals surface area contributed by atoms with Gasteiger partial charge in [-0.1, -0.05) is 50.3 Å². The Morgan fingerprint density at radius 3 is 2.53 bits per heavy atom. The van der Waals surface area contributed by atoms with E-state index >= 15 is 0 Å². The maximum atomic E-state index is 6.24. The largest absolute Gasteiger partial charge is 0.312 e. The highest BCUT2D eigenvalue weighted by Crippen LogP contribution is 2.33. The second kappa shape index (κ2) is 10.8. The second-order valence-corrected chi connectivity index (χ2v) is 11.1. The predicted molar refractivity (Wildman–Crippen MR) is 129 cm³/mol. The van der Waals surface area contributed by atoms with Gasteiger partial charge in [0.1, 0.15) is 0 Å². The van der Waals surface area contributed by atoms with Crippen molar-refractivity contribution in [3.05, 3.63) is 36.5 Å². The molecule has 0 aromatic rings. The van der Waals surface area contributed by atoms with Gasteiger partial charge >= 0.3 is 0 Å². The summed E-state index contributed by atoms with van der Waals surface area (Å²) in [6, 6.07) is 1.15. The Balaban J connectivity index is 1.20.